The van der Waals surface area contributed by atoms with Crippen LogP contribution in [-0.2, 0) is 0 Å². The molecule has 1 aliphatic rings. The minimum absolute atomic E-state index is 0.345. The van der Waals surface area contributed by atoms with Gasteiger partial charge in [0.05, 0.1) is 23.0 Å². The van der Waals surface area contributed by atoms with Gasteiger partial charge in [0.1, 0.15) is 11.3 Å². The van der Waals surface area contributed by atoms with Gasteiger partial charge in [0.2, 0.25) is 0 Å². The Morgan fingerprint density at radius 3 is 2.21 bits per heavy atom. The number of rotatable bonds is 4. The Labute approximate surface area is 188 Å². The van der Waals surface area contributed by atoms with E-state index < -0.39 is 11.8 Å². The zero-order valence-corrected chi connectivity index (χ0v) is 17.3. The van der Waals surface area contributed by atoms with Crippen LogP contribution < -0.4 is 0 Å². The molecule has 0 N–H and O–H groups in total. The number of aromatic nitrogens is 2. The van der Waals surface area contributed by atoms with Gasteiger partial charge in [-0.3, -0.25) is 9.59 Å². The Kier molecular flexibility index (Phi) is 4.26. The van der Waals surface area contributed by atoms with Crippen LogP contribution in [0.25, 0.3) is 28.1 Å². The van der Waals surface area contributed by atoms with Gasteiger partial charge in [-0.15, -0.1) is 0 Å². The fourth-order valence-electron chi connectivity index (χ4n) is 3.89. The van der Waals surface area contributed by atoms with E-state index in [-0.39, 0.29) is 0 Å². The van der Waals surface area contributed by atoms with E-state index in [2.05, 4.69) is 5.10 Å². The molecule has 6 rings (SSSR count). The van der Waals surface area contributed by atoms with Crippen LogP contribution >= 0.6 is 0 Å². The lowest BCUT2D eigenvalue weighted by atomic mass is 10.1. The largest absolute Gasteiger partial charge is 0.454 e. The molecule has 0 spiro atoms. The van der Waals surface area contributed by atoms with Crippen molar-refractivity contribution in [1.29, 1.82) is 0 Å². The Morgan fingerprint density at radius 1 is 0.818 bits per heavy atom. The highest BCUT2D eigenvalue weighted by molar-refractivity contribution is 6.21. The third-order valence-electron chi connectivity index (χ3n) is 5.51. The summed E-state index contributed by atoms with van der Waals surface area (Å²) in [5.41, 5.74) is 3.44. The Morgan fingerprint density at radius 2 is 1.48 bits per heavy atom. The molecule has 3 aromatic carbocycles. The zero-order chi connectivity index (χ0) is 22.4. The molecule has 2 amide bonds. The molecular weight excluding hydrogens is 416 g/mol. The number of imide groups is 1. The molecule has 33 heavy (non-hydrogen) atoms. The van der Waals surface area contributed by atoms with Crippen LogP contribution in [-0.4, -0.2) is 32.8 Å². The predicted octanol–water partition coefficient (Wildman–Crippen LogP) is 4.92. The minimum Gasteiger partial charge on any atom is -0.454 e. The predicted molar refractivity (Wildman–Crippen MR) is 123 cm³/mol. The molecule has 0 aliphatic carbocycles. The van der Waals surface area contributed by atoms with Gasteiger partial charge in [0.25, 0.3) is 11.8 Å². The van der Waals surface area contributed by atoms with Crippen molar-refractivity contribution in [1.82, 2.24) is 14.8 Å². The van der Waals surface area contributed by atoms with Crippen LogP contribution in [0.3, 0.4) is 0 Å². The first-order chi connectivity index (χ1) is 16.2. The number of carbonyl (C=O) groups is 2. The molecule has 0 radical (unpaired) electrons. The fourth-order valence-corrected chi connectivity index (χ4v) is 3.89. The maximum absolute atomic E-state index is 12.7. The van der Waals surface area contributed by atoms with E-state index in [9.17, 15) is 9.59 Å². The van der Waals surface area contributed by atoms with Crippen molar-refractivity contribution < 1.29 is 14.0 Å². The van der Waals surface area contributed by atoms with Crippen molar-refractivity contribution in [3.63, 3.8) is 0 Å². The molecule has 0 saturated carbocycles. The van der Waals surface area contributed by atoms with Gasteiger partial charge >= 0.3 is 0 Å². The number of benzene rings is 3. The summed E-state index contributed by atoms with van der Waals surface area (Å²) in [6.45, 7) is 0. The van der Waals surface area contributed by atoms with E-state index in [4.69, 9.17) is 9.52 Å². The number of carbonyl (C=O) groups excluding carboxylic acids is 2. The van der Waals surface area contributed by atoms with Gasteiger partial charge < -0.3 is 4.42 Å². The molecule has 0 saturated heterocycles. The van der Waals surface area contributed by atoms with Gasteiger partial charge in [0, 0.05) is 17.1 Å². The van der Waals surface area contributed by atoms with Crippen molar-refractivity contribution in [3.8, 4) is 17.1 Å². The SMILES string of the molecule is O=C1c2ccccc2C(=O)N1/N=C\c1cn(-c2ccccc2)nc1-c1cc2ccccc2o1. The summed E-state index contributed by atoms with van der Waals surface area (Å²) in [5.74, 6) is -0.338. The number of hydrogen-bond donors (Lipinski definition) is 0. The molecule has 7 heteroatoms. The highest BCUT2D eigenvalue weighted by Crippen LogP contribution is 2.30. The molecule has 5 aromatic rings. The maximum atomic E-state index is 12.7. The summed E-state index contributed by atoms with van der Waals surface area (Å²) in [6, 6.07) is 25.9. The van der Waals surface area contributed by atoms with Crippen molar-refractivity contribution in [2.24, 2.45) is 5.10 Å². The van der Waals surface area contributed by atoms with Gasteiger partial charge in [-0.05, 0) is 36.4 Å². The maximum Gasteiger partial charge on any atom is 0.282 e. The molecule has 0 fully saturated rings. The Bertz CT molecular complexity index is 1500. The normalized spacial score (nSPS) is 13.4. The van der Waals surface area contributed by atoms with Crippen LogP contribution in [0.5, 0.6) is 0 Å². The van der Waals surface area contributed by atoms with Gasteiger partial charge in [-0.25, -0.2) is 4.68 Å². The molecule has 2 aromatic heterocycles. The second-order valence-corrected chi connectivity index (χ2v) is 7.57. The van der Waals surface area contributed by atoms with Crippen LogP contribution in [0.4, 0.5) is 0 Å². The van der Waals surface area contributed by atoms with E-state index in [0.29, 0.717) is 28.1 Å². The number of fused-ring (bicyclic) bond motifs is 2. The number of furan rings is 1. The molecule has 7 nitrogen and oxygen atoms in total. The molecule has 1 aliphatic heterocycles. The fraction of sp³-hybridized carbons (Fsp3) is 0. The van der Waals surface area contributed by atoms with Crippen LogP contribution in [0.2, 0.25) is 0 Å². The quantitative estimate of drug-likeness (QED) is 0.298. The Balaban J connectivity index is 1.44. The lowest BCUT2D eigenvalue weighted by molar-refractivity contribution is 0.0660. The molecule has 0 atom stereocenters. The van der Waals surface area contributed by atoms with E-state index in [1.165, 1.54) is 6.21 Å². The molecule has 3 heterocycles. The zero-order valence-electron chi connectivity index (χ0n) is 17.3. The average Bonchev–Trinajstić information content (AvgIpc) is 3.54. The lowest BCUT2D eigenvalue weighted by Crippen LogP contribution is -2.24. The van der Waals surface area contributed by atoms with Gasteiger partial charge in [-0.1, -0.05) is 48.5 Å². The number of amides is 2. The van der Waals surface area contributed by atoms with Crippen LogP contribution in [0.1, 0.15) is 26.3 Å². The van der Waals surface area contributed by atoms with Crippen molar-refractivity contribution in [3.05, 3.63) is 108 Å². The van der Waals surface area contributed by atoms with Gasteiger partial charge in [-0.2, -0.15) is 15.2 Å². The van der Waals surface area contributed by atoms with E-state index in [1.54, 1.807) is 35.1 Å². The molecular formula is C26H16N4O3. The van der Waals surface area contributed by atoms with Crippen molar-refractivity contribution in [2.45, 2.75) is 0 Å². The van der Waals surface area contributed by atoms with Crippen LogP contribution in [0, 0.1) is 0 Å². The highest BCUT2D eigenvalue weighted by atomic mass is 16.3. The van der Waals surface area contributed by atoms with Gasteiger partial charge in [0.15, 0.2) is 5.76 Å². The number of para-hydroxylation sites is 2. The summed E-state index contributed by atoms with van der Waals surface area (Å²) in [7, 11) is 0. The van der Waals surface area contributed by atoms with Crippen molar-refractivity contribution >= 4 is 29.0 Å². The third-order valence-corrected chi connectivity index (χ3v) is 5.51. The minimum atomic E-state index is -0.451. The Hall–Kier alpha value is -4.78. The summed E-state index contributed by atoms with van der Waals surface area (Å²) in [5, 5.41) is 10.8. The van der Waals surface area contributed by atoms with Crippen molar-refractivity contribution in [2.75, 3.05) is 0 Å². The standard InChI is InChI=1S/C26H16N4O3/c31-25-20-11-5-6-12-21(20)26(32)30(25)27-15-18-16-29(19-9-2-1-3-10-19)28-24(18)23-14-17-8-4-7-13-22(17)33-23/h1-16H/b27-15-. The number of hydrazone groups is 1. The van der Waals surface area contributed by atoms with Crippen LogP contribution in [0.15, 0.2) is 101 Å². The van der Waals surface area contributed by atoms with E-state index in [1.807, 2.05) is 60.7 Å². The average molecular weight is 432 g/mol. The lowest BCUT2D eigenvalue weighted by Gasteiger charge is -2.05. The summed E-state index contributed by atoms with van der Waals surface area (Å²) in [4.78, 5) is 25.4. The summed E-state index contributed by atoms with van der Waals surface area (Å²) < 4.78 is 7.74. The first-order valence-electron chi connectivity index (χ1n) is 10.3. The number of nitrogens with zero attached hydrogens (tertiary/aromatic N) is 4. The monoisotopic (exact) mass is 432 g/mol. The van der Waals surface area contributed by atoms with E-state index in [0.717, 1.165) is 21.7 Å². The second kappa shape index (κ2) is 7.42. The molecule has 0 unspecified atom stereocenters. The second-order valence-electron chi connectivity index (χ2n) is 7.57. The first-order valence-corrected chi connectivity index (χ1v) is 10.3. The summed E-state index contributed by atoms with van der Waals surface area (Å²) >= 11 is 0. The molecule has 158 valence electrons. The number of hydrogen-bond acceptors (Lipinski definition) is 5. The highest BCUT2D eigenvalue weighted by Gasteiger charge is 2.35. The summed E-state index contributed by atoms with van der Waals surface area (Å²) in [6.07, 6.45) is 3.26. The molecule has 0 bridgehead atoms. The van der Waals surface area contributed by atoms with E-state index >= 15 is 0 Å². The first kappa shape index (κ1) is 18.9. The third kappa shape index (κ3) is 3.14. The smallest absolute Gasteiger partial charge is 0.282 e. The topological polar surface area (TPSA) is 80.7 Å².